The van der Waals surface area contributed by atoms with Crippen LogP contribution in [-0.2, 0) is 17.9 Å². The van der Waals surface area contributed by atoms with E-state index in [2.05, 4.69) is 24.5 Å². The lowest BCUT2D eigenvalue weighted by molar-refractivity contribution is -0.122. The normalized spacial score (nSPS) is 12.4. The summed E-state index contributed by atoms with van der Waals surface area (Å²) in [6, 6.07) is 7.49. The lowest BCUT2D eigenvalue weighted by atomic mass is 10.1. The van der Waals surface area contributed by atoms with Crippen LogP contribution < -0.4 is 10.6 Å². The SMILES string of the molecule is CC(C)CCNC(=O)C(C)NCc1cccc(CO)c1. The second kappa shape index (κ2) is 8.72. The second-order valence-electron chi connectivity index (χ2n) is 5.55. The minimum absolute atomic E-state index is 0.0314. The van der Waals surface area contributed by atoms with Crippen LogP contribution in [0.15, 0.2) is 24.3 Å². The van der Waals surface area contributed by atoms with Crippen molar-refractivity contribution < 1.29 is 9.90 Å². The van der Waals surface area contributed by atoms with Gasteiger partial charge in [-0.15, -0.1) is 0 Å². The first-order chi connectivity index (χ1) is 9.52. The Labute approximate surface area is 121 Å². The van der Waals surface area contributed by atoms with Gasteiger partial charge in [-0.1, -0.05) is 38.1 Å². The molecule has 0 saturated heterocycles. The van der Waals surface area contributed by atoms with Crippen molar-refractivity contribution in [2.24, 2.45) is 5.92 Å². The standard InChI is InChI=1S/C16H26N2O2/c1-12(2)7-8-17-16(20)13(3)18-10-14-5-4-6-15(9-14)11-19/h4-6,9,12-13,18-19H,7-8,10-11H2,1-3H3,(H,17,20). The molecule has 0 aliphatic rings. The van der Waals surface area contributed by atoms with Gasteiger partial charge in [0.05, 0.1) is 12.6 Å². The predicted molar refractivity (Wildman–Crippen MR) is 81.1 cm³/mol. The van der Waals surface area contributed by atoms with Gasteiger partial charge >= 0.3 is 0 Å². The van der Waals surface area contributed by atoms with Crippen molar-refractivity contribution >= 4 is 5.91 Å². The van der Waals surface area contributed by atoms with Crippen molar-refractivity contribution in [2.45, 2.75) is 46.4 Å². The molecule has 0 radical (unpaired) electrons. The molecule has 0 aliphatic heterocycles. The molecular formula is C16H26N2O2. The Kier molecular flexibility index (Phi) is 7.26. The van der Waals surface area contributed by atoms with Crippen molar-refractivity contribution in [3.05, 3.63) is 35.4 Å². The van der Waals surface area contributed by atoms with Gasteiger partial charge in [0.2, 0.25) is 5.91 Å². The van der Waals surface area contributed by atoms with Gasteiger partial charge in [0.15, 0.2) is 0 Å². The molecule has 112 valence electrons. The smallest absolute Gasteiger partial charge is 0.236 e. The predicted octanol–water partition coefficient (Wildman–Crippen LogP) is 1.82. The van der Waals surface area contributed by atoms with Crippen LogP contribution in [0.1, 0.15) is 38.3 Å². The summed E-state index contributed by atoms with van der Waals surface area (Å²) in [5, 5.41) is 15.2. The molecule has 1 aromatic rings. The average molecular weight is 278 g/mol. The number of hydrogen-bond donors (Lipinski definition) is 3. The minimum Gasteiger partial charge on any atom is -0.392 e. The summed E-state index contributed by atoms with van der Waals surface area (Å²) in [4.78, 5) is 11.9. The molecule has 1 atom stereocenters. The second-order valence-corrected chi connectivity index (χ2v) is 5.55. The van der Waals surface area contributed by atoms with E-state index in [0.29, 0.717) is 12.5 Å². The summed E-state index contributed by atoms with van der Waals surface area (Å²) < 4.78 is 0. The zero-order valence-corrected chi connectivity index (χ0v) is 12.6. The molecule has 0 aromatic heterocycles. The fourth-order valence-corrected chi connectivity index (χ4v) is 1.84. The Bertz CT molecular complexity index is 419. The van der Waals surface area contributed by atoms with Crippen LogP contribution >= 0.6 is 0 Å². The monoisotopic (exact) mass is 278 g/mol. The maximum atomic E-state index is 11.9. The Morgan fingerprint density at radius 2 is 1.95 bits per heavy atom. The van der Waals surface area contributed by atoms with Crippen molar-refractivity contribution in [1.29, 1.82) is 0 Å². The Hall–Kier alpha value is -1.39. The zero-order valence-electron chi connectivity index (χ0n) is 12.6. The molecule has 0 saturated carbocycles. The van der Waals surface area contributed by atoms with E-state index in [9.17, 15) is 4.79 Å². The molecule has 20 heavy (non-hydrogen) atoms. The number of benzene rings is 1. The summed E-state index contributed by atoms with van der Waals surface area (Å²) in [7, 11) is 0. The third kappa shape index (κ3) is 6.17. The quantitative estimate of drug-likeness (QED) is 0.680. The number of nitrogens with one attached hydrogen (secondary N) is 2. The summed E-state index contributed by atoms with van der Waals surface area (Å²) in [5.41, 5.74) is 1.96. The van der Waals surface area contributed by atoms with Crippen LogP contribution in [0.25, 0.3) is 0 Å². The zero-order chi connectivity index (χ0) is 15.0. The van der Waals surface area contributed by atoms with E-state index in [1.54, 1.807) is 0 Å². The molecule has 4 nitrogen and oxygen atoms in total. The minimum atomic E-state index is -0.222. The number of amides is 1. The third-order valence-electron chi connectivity index (χ3n) is 3.20. The van der Waals surface area contributed by atoms with Crippen LogP contribution in [0.4, 0.5) is 0 Å². The van der Waals surface area contributed by atoms with Crippen molar-refractivity contribution in [1.82, 2.24) is 10.6 Å². The Balaban J connectivity index is 2.34. The highest BCUT2D eigenvalue weighted by Crippen LogP contribution is 2.05. The first kappa shape index (κ1) is 16.7. The first-order valence-corrected chi connectivity index (χ1v) is 7.22. The Morgan fingerprint density at radius 3 is 2.60 bits per heavy atom. The van der Waals surface area contributed by atoms with E-state index in [4.69, 9.17) is 5.11 Å². The van der Waals surface area contributed by atoms with Crippen LogP contribution in [0.3, 0.4) is 0 Å². The van der Waals surface area contributed by atoms with E-state index in [0.717, 1.165) is 24.1 Å². The molecule has 0 aliphatic carbocycles. The van der Waals surface area contributed by atoms with Crippen molar-refractivity contribution in [3.63, 3.8) is 0 Å². The lowest BCUT2D eigenvalue weighted by Gasteiger charge is -2.15. The molecule has 0 heterocycles. The largest absolute Gasteiger partial charge is 0.392 e. The molecule has 0 bridgehead atoms. The van der Waals surface area contributed by atoms with Crippen LogP contribution in [-0.4, -0.2) is 23.6 Å². The van der Waals surface area contributed by atoms with Gasteiger partial charge < -0.3 is 15.7 Å². The molecule has 4 heteroatoms. The number of carbonyl (C=O) groups excluding carboxylic acids is 1. The highest BCUT2D eigenvalue weighted by atomic mass is 16.3. The molecule has 0 fully saturated rings. The molecular weight excluding hydrogens is 252 g/mol. The van der Waals surface area contributed by atoms with Gasteiger partial charge in [-0.25, -0.2) is 0 Å². The first-order valence-electron chi connectivity index (χ1n) is 7.22. The maximum Gasteiger partial charge on any atom is 0.236 e. The fraction of sp³-hybridized carbons (Fsp3) is 0.562. The van der Waals surface area contributed by atoms with Gasteiger partial charge in [-0.05, 0) is 30.4 Å². The summed E-state index contributed by atoms with van der Waals surface area (Å²) in [6.45, 7) is 7.53. The van der Waals surface area contributed by atoms with Gasteiger partial charge in [-0.3, -0.25) is 4.79 Å². The molecule has 3 N–H and O–H groups in total. The average Bonchev–Trinajstić information content (AvgIpc) is 2.44. The van der Waals surface area contributed by atoms with E-state index >= 15 is 0 Å². The summed E-state index contributed by atoms with van der Waals surface area (Å²) >= 11 is 0. The number of aliphatic hydroxyl groups is 1. The third-order valence-corrected chi connectivity index (χ3v) is 3.20. The Morgan fingerprint density at radius 1 is 1.25 bits per heavy atom. The van der Waals surface area contributed by atoms with Gasteiger partial charge in [0, 0.05) is 13.1 Å². The molecule has 1 rings (SSSR count). The van der Waals surface area contributed by atoms with Gasteiger partial charge in [0.25, 0.3) is 0 Å². The summed E-state index contributed by atoms with van der Waals surface area (Å²) in [6.07, 6.45) is 0.997. The lowest BCUT2D eigenvalue weighted by Crippen LogP contribution is -2.42. The van der Waals surface area contributed by atoms with Gasteiger partial charge in [0.1, 0.15) is 0 Å². The number of carbonyl (C=O) groups is 1. The summed E-state index contributed by atoms with van der Waals surface area (Å²) in [5.74, 6) is 0.628. The topological polar surface area (TPSA) is 61.4 Å². The molecule has 1 unspecified atom stereocenters. The number of aliphatic hydroxyl groups excluding tert-OH is 1. The highest BCUT2D eigenvalue weighted by molar-refractivity contribution is 5.81. The molecule has 1 aromatic carbocycles. The van der Waals surface area contributed by atoms with E-state index in [1.165, 1.54) is 0 Å². The molecule has 0 spiro atoms. The van der Waals surface area contributed by atoms with Crippen molar-refractivity contribution in [3.8, 4) is 0 Å². The number of rotatable bonds is 8. The van der Waals surface area contributed by atoms with Crippen LogP contribution in [0.5, 0.6) is 0 Å². The van der Waals surface area contributed by atoms with Crippen LogP contribution in [0, 0.1) is 5.92 Å². The number of hydrogen-bond acceptors (Lipinski definition) is 3. The maximum absolute atomic E-state index is 11.9. The molecule has 1 amide bonds. The van der Waals surface area contributed by atoms with Gasteiger partial charge in [-0.2, -0.15) is 0 Å². The fourth-order valence-electron chi connectivity index (χ4n) is 1.84. The van der Waals surface area contributed by atoms with E-state index in [1.807, 2.05) is 31.2 Å². The van der Waals surface area contributed by atoms with Crippen LogP contribution in [0.2, 0.25) is 0 Å². The van der Waals surface area contributed by atoms with E-state index in [-0.39, 0.29) is 18.6 Å². The van der Waals surface area contributed by atoms with E-state index < -0.39 is 0 Å². The highest BCUT2D eigenvalue weighted by Gasteiger charge is 2.11. The van der Waals surface area contributed by atoms with Crippen molar-refractivity contribution in [2.75, 3.05) is 6.54 Å².